The van der Waals surface area contributed by atoms with Crippen LogP contribution in [0.5, 0.6) is 0 Å². The van der Waals surface area contributed by atoms with Crippen LogP contribution in [0, 0.1) is 0 Å². The van der Waals surface area contributed by atoms with E-state index >= 15 is 0 Å². The topological polar surface area (TPSA) is 34.6 Å². The van der Waals surface area contributed by atoms with Gasteiger partial charge in [0.05, 0.1) is 10.7 Å². The summed E-state index contributed by atoms with van der Waals surface area (Å²) in [7, 11) is 0. The molecule has 0 amide bonds. The molecule has 1 heterocycles. The minimum absolute atomic E-state index is 0.671. The Morgan fingerprint density at radius 2 is 0.857 bits per heavy atom. The van der Waals surface area contributed by atoms with Gasteiger partial charge in [-0.3, -0.25) is 0 Å². The smallest absolute Gasteiger partial charge is 0.0622 e. The highest BCUT2D eigenvalue weighted by Crippen LogP contribution is 2.22. The van der Waals surface area contributed by atoms with Gasteiger partial charge >= 0.3 is 5.82 Å². The van der Waals surface area contributed by atoms with Gasteiger partial charge < -0.3 is 0 Å². The Morgan fingerprint density at radius 1 is 0.429 bits per heavy atom. The zero-order valence-electron chi connectivity index (χ0n) is 19.1. The van der Waals surface area contributed by atoms with E-state index < -0.39 is 0 Å². The molecule has 4 heteroatoms. The Hall–Kier alpha value is -4.83. The zero-order valence-corrected chi connectivity index (χ0v) is 19.1. The first-order chi connectivity index (χ1) is 17.3. The highest BCUT2D eigenvalue weighted by Gasteiger charge is 2.23. The van der Waals surface area contributed by atoms with Crippen molar-refractivity contribution in [3.05, 3.63) is 140 Å². The number of aromatic nitrogens is 4. The van der Waals surface area contributed by atoms with Crippen LogP contribution in [0.1, 0.15) is 0 Å². The highest BCUT2D eigenvalue weighted by molar-refractivity contribution is 5.65. The lowest BCUT2D eigenvalue weighted by molar-refractivity contribution is -0.734. The third-order valence-corrected chi connectivity index (χ3v) is 6.00. The highest BCUT2D eigenvalue weighted by atomic mass is 15.7. The second-order valence-corrected chi connectivity index (χ2v) is 8.29. The molecule has 0 N–H and O–H groups in total. The Labute approximate surface area is 204 Å². The third-order valence-electron chi connectivity index (χ3n) is 6.00. The fraction of sp³-hybridized carbons (Fsp3) is 0. The molecule has 6 aromatic rings. The standard InChI is InChI=1S/C31H23N4/c1-4-10-24(11-5-1)26-16-20-29(21-17-26)34-32-31(28-14-8-3-9-15-28)33-35(34)30-22-18-27(19-23-30)25-12-6-2-7-13-25/h1-23H/q+1. The maximum atomic E-state index is 4.88. The van der Waals surface area contributed by atoms with E-state index in [9.17, 15) is 0 Å². The van der Waals surface area contributed by atoms with Gasteiger partial charge in [0.2, 0.25) is 0 Å². The van der Waals surface area contributed by atoms with Crippen molar-refractivity contribution in [2.24, 2.45) is 0 Å². The van der Waals surface area contributed by atoms with Crippen molar-refractivity contribution in [3.63, 3.8) is 0 Å². The second-order valence-electron chi connectivity index (χ2n) is 8.29. The van der Waals surface area contributed by atoms with E-state index in [0.29, 0.717) is 5.82 Å². The number of benzene rings is 5. The molecule has 0 aliphatic heterocycles. The number of tetrazole rings is 1. The molecule has 0 aliphatic rings. The summed E-state index contributed by atoms with van der Waals surface area (Å²) in [6.07, 6.45) is 0. The monoisotopic (exact) mass is 451 g/mol. The molecular weight excluding hydrogens is 428 g/mol. The lowest BCUT2D eigenvalue weighted by atomic mass is 10.1. The third kappa shape index (κ3) is 4.25. The lowest BCUT2D eigenvalue weighted by Crippen LogP contribution is -2.43. The average molecular weight is 452 g/mol. The van der Waals surface area contributed by atoms with E-state index in [-0.39, 0.29) is 0 Å². The summed E-state index contributed by atoms with van der Waals surface area (Å²) < 4.78 is 0. The van der Waals surface area contributed by atoms with Crippen molar-refractivity contribution in [3.8, 4) is 45.0 Å². The Morgan fingerprint density at radius 3 is 1.37 bits per heavy atom. The Balaban J connectivity index is 1.42. The molecule has 166 valence electrons. The fourth-order valence-corrected chi connectivity index (χ4v) is 4.16. The molecule has 6 rings (SSSR count). The van der Waals surface area contributed by atoms with Gasteiger partial charge in [0.25, 0.3) is 0 Å². The largest absolute Gasteiger partial charge is 0.340 e. The number of hydrogen-bond donors (Lipinski definition) is 0. The van der Waals surface area contributed by atoms with Crippen molar-refractivity contribution in [1.82, 2.24) is 15.0 Å². The maximum Gasteiger partial charge on any atom is 0.340 e. The van der Waals surface area contributed by atoms with E-state index in [0.717, 1.165) is 28.1 Å². The molecule has 35 heavy (non-hydrogen) atoms. The van der Waals surface area contributed by atoms with Gasteiger partial charge in [-0.05, 0) is 80.7 Å². The van der Waals surface area contributed by atoms with Gasteiger partial charge in [0.1, 0.15) is 5.69 Å². The molecule has 0 aliphatic carbocycles. The maximum absolute atomic E-state index is 4.88. The van der Waals surface area contributed by atoms with Gasteiger partial charge in [-0.25, -0.2) is 0 Å². The van der Waals surface area contributed by atoms with Crippen LogP contribution in [0.25, 0.3) is 45.0 Å². The first-order valence-corrected chi connectivity index (χ1v) is 11.6. The molecule has 1 aromatic heterocycles. The summed E-state index contributed by atoms with van der Waals surface area (Å²) in [4.78, 5) is 3.71. The van der Waals surface area contributed by atoms with Crippen molar-refractivity contribution in [2.45, 2.75) is 0 Å². The SMILES string of the molecule is c1ccc(-c2ccc(-n3nc(-c4ccccc4)n[n+]3-c3ccc(-c4ccccc4)cc3)cc2)cc1. The van der Waals surface area contributed by atoms with E-state index in [1.165, 1.54) is 11.1 Å². The lowest BCUT2D eigenvalue weighted by Gasteiger charge is -2.04. The van der Waals surface area contributed by atoms with Crippen molar-refractivity contribution >= 4 is 0 Å². The van der Waals surface area contributed by atoms with Gasteiger partial charge in [-0.2, -0.15) is 0 Å². The number of hydrogen-bond acceptors (Lipinski definition) is 2. The second kappa shape index (κ2) is 9.20. The van der Waals surface area contributed by atoms with Crippen LogP contribution < -0.4 is 4.80 Å². The fourth-order valence-electron chi connectivity index (χ4n) is 4.16. The first-order valence-electron chi connectivity index (χ1n) is 11.6. The summed E-state index contributed by atoms with van der Waals surface area (Å²) in [5.74, 6) is 0.671. The molecule has 0 saturated carbocycles. The van der Waals surface area contributed by atoms with Crippen molar-refractivity contribution < 1.29 is 4.80 Å². The molecule has 5 aromatic carbocycles. The molecule has 0 unspecified atom stereocenters. The predicted molar refractivity (Wildman–Crippen MR) is 139 cm³/mol. The molecular formula is C31H23N4+. The van der Waals surface area contributed by atoms with Crippen LogP contribution in [0.2, 0.25) is 0 Å². The van der Waals surface area contributed by atoms with Crippen LogP contribution in [0.3, 0.4) is 0 Å². The average Bonchev–Trinajstić information content (AvgIpc) is 3.40. The van der Waals surface area contributed by atoms with Gasteiger partial charge in [0, 0.05) is 4.80 Å². The molecule has 0 spiro atoms. The zero-order chi connectivity index (χ0) is 23.5. The summed E-state index contributed by atoms with van der Waals surface area (Å²) in [5.41, 5.74) is 7.55. The van der Waals surface area contributed by atoms with E-state index in [1.54, 1.807) is 0 Å². The first kappa shape index (κ1) is 20.8. The molecule has 4 nitrogen and oxygen atoms in total. The molecule has 0 bridgehead atoms. The van der Waals surface area contributed by atoms with E-state index in [4.69, 9.17) is 10.2 Å². The minimum Gasteiger partial charge on any atom is -0.0622 e. The molecule has 0 radical (unpaired) electrons. The van der Waals surface area contributed by atoms with Crippen LogP contribution in [0.15, 0.2) is 140 Å². The summed E-state index contributed by atoms with van der Waals surface area (Å²) in [6.45, 7) is 0. The molecule has 0 saturated heterocycles. The van der Waals surface area contributed by atoms with Crippen molar-refractivity contribution in [2.75, 3.05) is 0 Å². The molecule has 0 atom stereocenters. The Kier molecular flexibility index (Phi) is 5.45. The van der Waals surface area contributed by atoms with Crippen LogP contribution in [-0.2, 0) is 0 Å². The summed E-state index contributed by atoms with van der Waals surface area (Å²) in [6, 6.07) is 47.6. The van der Waals surface area contributed by atoms with Gasteiger partial charge in [-0.1, -0.05) is 91.0 Å². The number of nitrogens with zero attached hydrogens (tertiary/aromatic N) is 4. The summed E-state index contributed by atoms with van der Waals surface area (Å²) in [5, 5.41) is 9.76. The normalized spacial score (nSPS) is 10.9. The predicted octanol–water partition coefficient (Wildman–Crippen LogP) is 6.55. The quantitative estimate of drug-likeness (QED) is 0.279. The van der Waals surface area contributed by atoms with Crippen molar-refractivity contribution in [1.29, 1.82) is 0 Å². The Bertz CT molecular complexity index is 1440. The van der Waals surface area contributed by atoms with E-state index in [1.807, 2.05) is 52.1 Å². The van der Waals surface area contributed by atoms with Crippen LogP contribution >= 0.6 is 0 Å². The van der Waals surface area contributed by atoms with Gasteiger partial charge in [0.15, 0.2) is 5.69 Å². The van der Waals surface area contributed by atoms with Crippen LogP contribution in [0.4, 0.5) is 0 Å². The van der Waals surface area contributed by atoms with Gasteiger partial charge in [-0.15, -0.1) is 0 Å². The summed E-state index contributed by atoms with van der Waals surface area (Å²) >= 11 is 0. The van der Waals surface area contributed by atoms with Crippen LogP contribution in [-0.4, -0.2) is 15.0 Å². The minimum atomic E-state index is 0.671. The van der Waals surface area contributed by atoms with E-state index in [2.05, 4.69) is 97.1 Å². The number of rotatable bonds is 5. The molecule has 0 fully saturated rings.